The quantitative estimate of drug-likeness (QED) is 0.666. The van der Waals surface area contributed by atoms with Gasteiger partial charge in [-0.2, -0.15) is 0 Å². The molecule has 2 aliphatic heterocycles. The summed E-state index contributed by atoms with van der Waals surface area (Å²) < 4.78 is 7.82. The van der Waals surface area contributed by atoms with E-state index in [-0.39, 0.29) is 17.4 Å². The van der Waals surface area contributed by atoms with Gasteiger partial charge in [0.05, 0.1) is 0 Å². The van der Waals surface area contributed by atoms with E-state index in [0.717, 1.165) is 34.2 Å². The van der Waals surface area contributed by atoms with Crippen LogP contribution in [0.5, 0.6) is 0 Å². The molecule has 1 fully saturated rings. The average molecular weight is 362 g/mol. The fraction of sp³-hybridized carbons (Fsp3) is 0.364. The summed E-state index contributed by atoms with van der Waals surface area (Å²) in [6.07, 6.45) is 1.03. The van der Waals surface area contributed by atoms with Gasteiger partial charge in [0.1, 0.15) is 5.58 Å². The van der Waals surface area contributed by atoms with Crippen molar-refractivity contribution in [1.82, 2.24) is 9.47 Å². The maximum atomic E-state index is 13.2. The smallest absolute Gasteiger partial charge is 0.289 e. The maximum Gasteiger partial charge on any atom is 0.289 e. The van der Waals surface area contributed by atoms with E-state index in [4.69, 9.17) is 4.42 Å². The molecule has 27 heavy (non-hydrogen) atoms. The number of carbonyl (C=O) groups excluding carboxylic acids is 1. The number of hydrogen-bond donors (Lipinski definition) is 0. The number of aromatic nitrogens is 1. The Bertz CT molecular complexity index is 1120. The van der Waals surface area contributed by atoms with Crippen LogP contribution in [0.15, 0.2) is 45.6 Å². The number of furan rings is 1. The Morgan fingerprint density at radius 1 is 1.11 bits per heavy atom. The number of hydrogen-bond acceptors (Lipinski definition) is 3. The molecule has 0 aliphatic carbocycles. The SMILES string of the molecule is Cc1ccc2oc(C(=O)N3CC4CC(C3)c3cccc(=O)n3C4)c(C)c2c1. The summed E-state index contributed by atoms with van der Waals surface area (Å²) in [6, 6.07) is 11.5. The van der Waals surface area contributed by atoms with Crippen LogP contribution in [0.25, 0.3) is 11.0 Å². The number of aryl methyl sites for hydroxylation is 2. The summed E-state index contributed by atoms with van der Waals surface area (Å²) >= 11 is 0. The molecule has 2 aromatic heterocycles. The Labute approximate surface area is 157 Å². The van der Waals surface area contributed by atoms with Gasteiger partial charge in [-0.15, -0.1) is 0 Å². The number of nitrogens with zero attached hydrogens (tertiary/aromatic N) is 2. The molecule has 2 bridgehead atoms. The third kappa shape index (κ3) is 2.52. The lowest BCUT2D eigenvalue weighted by Crippen LogP contribution is -2.49. The molecular weight excluding hydrogens is 340 g/mol. The molecule has 0 spiro atoms. The van der Waals surface area contributed by atoms with Crippen molar-refractivity contribution in [2.45, 2.75) is 32.7 Å². The second-order valence-electron chi connectivity index (χ2n) is 7.96. The zero-order valence-corrected chi connectivity index (χ0v) is 15.6. The zero-order chi connectivity index (χ0) is 18.7. The van der Waals surface area contributed by atoms with E-state index in [9.17, 15) is 9.59 Å². The predicted octanol–water partition coefficient (Wildman–Crippen LogP) is 3.47. The van der Waals surface area contributed by atoms with E-state index >= 15 is 0 Å². The second-order valence-corrected chi connectivity index (χ2v) is 7.96. The first kappa shape index (κ1) is 16.4. The van der Waals surface area contributed by atoms with Gasteiger partial charge in [-0.05, 0) is 44.4 Å². The minimum absolute atomic E-state index is 0.0391. The van der Waals surface area contributed by atoms with Crippen molar-refractivity contribution in [1.29, 1.82) is 0 Å². The summed E-state index contributed by atoms with van der Waals surface area (Å²) in [4.78, 5) is 27.3. The molecule has 1 amide bonds. The normalized spacial score (nSPS) is 21.3. The largest absolute Gasteiger partial charge is 0.451 e. The van der Waals surface area contributed by atoms with Crippen LogP contribution >= 0.6 is 0 Å². The Morgan fingerprint density at radius 3 is 2.81 bits per heavy atom. The van der Waals surface area contributed by atoms with Gasteiger partial charge in [-0.1, -0.05) is 17.7 Å². The molecule has 5 heteroatoms. The Balaban J connectivity index is 1.49. The first-order chi connectivity index (χ1) is 13.0. The van der Waals surface area contributed by atoms with Gasteiger partial charge >= 0.3 is 0 Å². The maximum absolute atomic E-state index is 13.2. The van der Waals surface area contributed by atoms with Gasteiger partial charge in [0.2, 0.25) is 0 Å². The summed E-state index contributed by atoms with van der Waals surface area (Å²) in [5, 5.41) is 1.01. The number of carbonyl (C=O) groups is 1. The third-order valence-corrected chi connectivity index (χ3v) is 6.05. The fourth-order valence-corrected chi connectivity index (χ4v) is 4.74. The van der Waals surface area contributed by atoms with Gasteiger partial charge in [-0.3, -0.25) is 9.59 Å². The standard InChI is InChI=1S/C22H22N2O3/c1-13-6-7-19-17(8-13)14(2)21(27-19)22(26)23-10-15-9-16(12-23)18-4-3-5-20(25)24(18)11-15/h3-8,15-16H,9-12H2,1-2H3. The van der Waals surface area contributed by atoms with E-state index in [1.807, 2.05) is 47.6 Å². The molecule has 0 radical (unpaired) electrons. The topological polar surface area (TPSA) is 55.5 Å². The van der Waals surface area contributed by atoms with E-state index in [1.54, 1.807) is 6.07 Å². The van der Waals surface area contributed by atoms with E-state index < -0.39 is 0 Å². The monoisotopic (exact) mass is 362 g/mol. The molecule has 2 atom stereocenters. The number of amides is 1. The van der Waals surface area contributed by atoms with Crippen LogP contribution < -0.4 is 5.56 Å². The van der Waals surface area contributed by atoms with Crippen LogP contribution in [0, 0.1) is 19.8 Å². The van der Waals surface area contributed by atoms with Gasteiger partial charge < -0.3 is 13.9 Å². The Hall–Kier alpha value is -2.82. The highest BCUT2D eigenvalue weighted by molar-refractivity contribution is 5.99. The molecule has 4 heterocycles. The molecule has 3 aromatic rings. The number of pyridine rings is 1. The summed E-state index contributed by atoms with van der Waals surface area (Å²) in [7, 11) is 0. The minimum atomic E-state index is -0.0391. The average Bonchev–Trinajstić information content (AvgIpc) is 2.98. The van der Waals surface area contributed by atoms with Crippen molar-refractivity contribution >= 4 is 16.9 Å². The Morgan fingerprint density at radius 2 is 1.96 bits per heavy atom. The third-order valence-electron chi connectivity index (χ3n) is 6.05. The van der Waals surface area contributed by atoms with Crippen LogP contribution in [-0.2, 0) is 6.54 Å². The van der Waals surface area contributed by atoms with Gasteiger partial charge in [0.15, 0.2) is 5.76 Å². The molecule has 0 saturated carbocycles. The zero-order valence-electron chi connectivity index (χ0n) is 15.6. The predicted molar refractivity (Wildman–Crippen MR) is 103 cm³/mol. The molecule has 0 N–H and O–H groups in total. The minimum Gasteiger partial charge on any atom is -0.451 e. The van der Waals surface area contributed by atoms with E-state index in [1.165, 1.54) is 0 Å². The van der Waals surface area contributed by atoms with Crippen LogP contribution in [-0.4, -0.2) is 28.5 Å². The number of benzene rings is 1. The molecule has 5 nitrogen and oxygen atoms in total. The number of piperidine rings is 1. The van der Waals surface area contributed by atoms with Crippen molar-refractivity contribution in [3.05, 3.63) is 69.3 Å². The molecular formula is C22H22N2O3. The van der Waals surface area contributed by atoms with Crippen molar-refractivity contribution in [2.24, 2.45) is 5.92 Å². The van der Waals surface area contributed by atoms with Crippen LogP contribution in [0.4, 0.5) is 0 Å². The molecule has 5 rings (SSSR count). The molecule has 2 aliphatic rings. The first-order valence-corrected chi connectivity index (χ1v) is 9.50. The van der Waals surface area contributed by atoms with Crippen molar-refractivity contribution in [3.63, 3.8) is 0 Å². The fourth-order valence-electron chi connectivity index (χ4n) is 4.74. The lowest BCUT2D eigenvalue weighted by Gasteiger charge is -2.42. The van der Waals surface area contributed by atoms with Crippen LogP contribution in [0.1, 0.15) is 39.7 Å². The van der Waals surface area contributed by atoms with Gasteiger partial charge in [0, 0.05) is 48.3 Å². The summed E-state index contributed by atoms with van der Waals surface area (Å²) in [5.74, 6) is 0.929. The van der Waals surface area contributed by atoms with Crippen LogP contribution in [0.2, 0.25) is 0 Å². The van der Waals surface area contributed by atoms with Crippen molar-refractivity contribution < 1.29 is 9.21 Å². The Kier molecular flexibility index (Phi) is 3.54. The first-order valence-electron chi connectivity index (χ1n) is 9.50. The lowest BCUT2D eigenvalue weighted by atomic mass is 9.83. The number of rotatable bonds is 1. The highest BCUT2D eigenvalue weighted by Gasteiger charge is 2.37. The van der Waals surface area contributed by atoms with Gasteiger partial charge in [0.25, 0.3) is 11.5 Å². The lowest BCUT2D eigenvalue weighted by molar-refractivity contribution is 0.0565. The molecule has 138 valence electrons. The number of likely N-dealkylation sites (tertiary alicyclic amines) is 1. The highest BCUT2D eigenvalue weighted by atomic mass is 16.3. The van der Waals surface area contributed by atoms with Crippen molar-refractivity contribution in [2.75, 3.05) is 13.1 Å². The van der Waals surface area contributed by atoms with E-state index in [2.05, 4.69) is 6.07 Å². The van der Waals surface area contributed by atoms with Crippen molar-refractivity contribution in [3.8, 4) is 0 Å². The highest BCUT2D eigenvalue weighted by Crippen LogP contribution is 2.36. The van der Waals surface area contributed by atoms with Gasteiger partial charge in [-0.25, -0.2) is 0 Å². The van der Waals surface area contributed by atoms with Crippen LogP contribution in [0.3, 0.4) is 0 Å². The summed E-state index contributed by atoms with van der Waals surface area (Å²) in [5.41, 5.74) is 3.93. The summed E-state index contributed by atoms with van der Waals surface area (Å²) in [6.45, 7) is 5.99. The molecule has 2 unspecified atom stereocenters. The molecule has 1 saturated heterocycles. The van der Waals surface area contributed by atoms with E-state index in [0.29, 0.717) is 31.3 Å². The molecule has 1 aromatic carbocycles. The second kappa shape index (κ2) is 5.84. The number of fused-ring (bicyclic) bond motifs is 5.